The van der Waals surface area contributed by atoms with Crippen LogP contribution in [0.3, 0.4) is 0 Å². The van der Waals surface area contributed by atoms with E-state index < -0.39 is 17.7 Å². The van der Waals surface area contributed by atoms with Gasteiger partial charge in [-0.15, -0.1) is 8.96 Å². The van der Waals surface area contributed by atoms with Gasteiger partial charge in [0.15, 0.2) is 0 Å². The number of hydrogen-bond donors (Lipinski definition) is 1. The molecule has 0 fully saturated rings. The van der Waals surface area contributed by atoms with Crippen LogP contribution < -0.4 is 0 Å². The monoisotopic (exact) mass is 171 g/mol. The minimum absolute atomic E-state index is 0.0648. The Bertz CT molecular complexity index is 100. The van der Waals surface area contributed by atoms with Gasteiger partial charge in [0.25, 0.3) is 0 Å². The van der Waals surface area contributed by atoms with Crippen molar-refractivity contribution >= 4 is 0 Å². The molecule has 0 saturated heterocycles. The molecular weight excluding hydrogens is 159 g/mol. The second-order valence-electron chi connectivity index (χ2n) is 2.83. The van der Waals surface area contributed by atoms with Crippen molar-refractivity contribution in [1.82, 2.24) is 5.34 Å². The minimum atomic E-state index is -2.48. The third-order valence-electron chi connectivity index (χ3n) is 1.28. The van der Waals surface area contributed by atoms with Crippen molar-refractivity contribution in [1.29, 1.82) is 0 Å². The predicted molar refractivity (Wildman–Crippen MR) is 34.4 cm³/mol. The molecule has 5 heteroatoms. The maximum absolute atomic E-state index is 12.0. The summed E-state index contributed by atoms with van der Waals surface area (Å²) in [6.45, 7) is 3.36. The van der Waals surface area contributed by atoms with E-state index in [-0.39, 0.29) is 12.3 Å². The van der Waals surface area contributed by atoms with E-state index >= 15 is 0 Å². The van der Waals surface area contributed by atoms with Crippen LogP contribution in [0, 0.1) is 5.92 Å². The zero-order valence-corrected chi connectivity index (χ0v) is 6.47. The summed E-state index contributed by atoms with van der Waals surface area (Å²) in [5, 5.41) is 6.96. The lowest BCUT2D eigenvalue weighted by molar-refractivity contribution is -0.231. The molecule has 0 aromatic rings. The van der Waals surface area contributed by atoms with Crippen LogP contribution in [0.4, 0.5) is 13.4 Å². The molecule has 0 aliphatic carbocycles. The molecule has 0 heterocycles. The van der Waals surface area contributed by atoms with Gasteiger partial charge in [-0.05, 0) is 12.3 Å². The van der Waals surface area contributed by atoms with Crippen molar-refractivity contribution in [2.45, 2.75) is 32.7 Å². The first-order valence-corrected chi connectivity index (χ1v) is 3.38. The highest BCUT2D eigenvalue weighted by atomic mass is 19.4. The van der Waals surface area contributed by atoms with Crippen molar-refractivity contribution in [2.24, 2.45) is 5.92 Å². The Morgan fingerprint density at radius 2 is 1.82 bits per heavy atom. The number of rotatable bonds is 4. The highest BCUT2D eigenvalue weighted by Crippen LogP contribution is 2.16. The maximum Gasteiger partial charge on any atom is 0.217 e. The average molecular weight is 171 g/mol. The fourth-order valence-corrected chi connectivity index (χ4v) is 0.768. The molecule has 0 spiro atoms. The Hall–Kier alpha value is -0.290. The summed E-state index contributed by atoms with van der Waals surface area (Å²) >= 11 is 0. The second-order valence-corrected chi connectivity index (χ2v) is 2.83. The lowest BCUT2D eigenvalue weighted by Crippen LogP contribution is -2.33. The fraction of sp³-hybridized carbons (Fsp3) is 1.00. The lowest BCUT2D eigenvalue weighted by Gasteiger charge is -2.18. The molecule has 68 valence electrons. The zero-order chi connectivity index (χ0) is 9.02. The van der Waals surface area contributed by atoms with E-state index in [1.54, 1.807) is 13.8 Å². The smallest absolute Gasteiger partial charge is 0.217 e. The maximum atomic E-state index is 12.0. The zero-order valence-electron chi connectivity index (χ0n) is 6.47. The van der Waals surface area contributed by atoms with Gasteiger partial charge in [0.1, 0.15) is 6.04 Å². The van der Waals surface area contributed by atoms with Crippen molar-refractivity contribution in [2.75, 3.05) is 0 Å². The Labute approximate surface area is 63.5 Å². The number of hydrogen-bond acceptors (Lipinski definition) is 2. The van der Waals surface area contributed by atoms with E-state index in [2.05, 4.69) is 0 Å². The molecule has 2 atom stereocenters. The van der Waals surface area contributed by atoms with Crippen LogP contribution in [-0.2, 0) is 0 Å². The lowest BCUT2D eigenvalue weighted by atomic mass is 10.0. The molecule has 2 unspecified atom stereocenters. The third-order valence-corrected chi connectivity index (χ3v) is 1.28. The number of aliphatic hydroxyl groups excluding tert-OH is 1. The van der Waals surface area contributed by atoms with Crippen LogP contribution in [0.25, 0.3) is 0 Å². The highest BCUT2D eigenvalue weighted by Gasteiger charge is 2.27. The van der Waals surface area contributed by atoms with Crippen molar-refractivity contribution in [3.8, 4) is 0 Å². The van der Waals surface area contributed by atoms with Gasteiger partial charge >= 0.3 is 0 Å². The van der Waals surface area contributed by atoms with Gasteiger partial charge in [-0.1, -0.05) is 13.8 Å². The van der Waals surface area contributed by atoms with Gasteiger partial charge in [-0.25, -0.2) is 4.39 Å². The van der Waals surface area contributed by atoms with Gasteiger partial charge in [-0.3, -0.25) is 0 Å². The summed E-state index contributed by atoms with van der Waals surface area (Å²) in [7, 11) is 0. The SMILES string of the molecule is CC(C)CC(C(O)F)N(F)F. The van der Waals surface area contributed by atoms with Crippen molar-refractivity contribution < 1.29 is 18.5 Å². The van der Waals surface area contributed by atoms with E-state index in [9.17, 15) is 13.4 Å². The average Bonchev–Trinajstić information content (AvgIpc) is 1.81. The molecule has 0 aliphatic rings. The van der Waals surface area contributed by atoms with Gasteiger partial charge in [0.2, 0.25) is 6.36 Å². The number of alkyl halides is 1. The molecule has 11 heavy (non-hydrogen) atoms. The summed E-state index contributed by atoms with van der Waals surface area (Å²) in [6.07, 6.45) is -2.54. The van der Waals surface area contributed by atoms with Gasteiger partial charge in [0.05, 0.1) is 0 Å². The fourth-order valence-electron chi connectivity index (χ4n) is 0.768. The molecule has 0 amide bonds. The Balaban J connectivity index is 3.90. The standard InChI is InChI=1S/C6H12F3NO/c1-4(2)3-5(6(7)11)10(8)9/h4-6,11H,3H2,1-2H3. The van der Waals surface area contributed by atoms with Crippen LogP contribution in [-0.4, -0.2) is 22.9 Å². The van der Waals surface area contributed by atoms with Crippen LogP contribution in [0.15, 0.2) is 0 Å². The Morgan fingerprint density at radius 3 is 1.91 bits per heavy atom. The van der Waals surface area contributed by atoms with E-state index in [0.717, 1.165) is 0 Å². The summed E-state index contributed by atoms with van der Waals surface area (Å²) in [5.41, 5.74) is 0. The normalized spacial score (nSPS) is 17.5. The number of nitrogens with zero attached hydrogens (tertiary/aromatic N) is 1. The summed E-state index contributed by atoms with van der Waals surface area (Å²) < 4.78 is 35.5. The van der Waals surface area contributed by atoms with Crippen molar-refractivity contribution in [3.63, 3.8) is 0 Å². The first-order chi connectivity index (χ1) is 4.95. The number of aliphatic hydroxyl groups is 1. The molecule has 0 radical (unpaired) electrons. The van der Waals surface area contributed by atoms with Crippen LogP contribution in [0.1, 0.15) is 20.3 Å². The summed E-state index contributed by atoms with van der Waals surface area (Å²) in [5.74, 6) is -0.0700. The second kappa shape index (κ2) is 4.56. The van der Waals surface area contributed by atoms with Crippen LogP contribution in [0.2, 0.25) is 0 Å². The molecule has 0 bridgehead atoms. The van der Waals surface area contributed by atoms with Gasteiger partial charge in [-0.2, -0.15) is 0 Å². The largest absolute Gasteiger partial charge is 0.363 e. The van der Waals surface area contributed by atoms with Crippen molar-refractivity contribution in [3.05, 3.63) is 0 Å². The molecule has 0 rings (SSSR count). The minimum Gasteiger partial charge on any atom is -0.363 e. The van der Waals surface area contributed by atoms with E-state index in [4.69, 9.17) is 5.11 Å². The van der Waals surface area contributed by atoms with E-state index in [1.807, 2.05) is 0 Å². The first-order valence-electron chi connectivity index (χ1n) is 3.38. The Kier molecular flexibility index (Phi) is 4.44. The first kappa shape index (κ1) is 10.7. The van der Waals surface area contributed by atoms with Crippen LogP contribution in [0.5, 0.6) is 0 Å². The Morgan fingerprint density at radius 1 is 1.36 bits per heavy atom. The van der Waals surface area contributed by atoms with Gasteiger partial charge < -0.3 is 5.11 Å². The van der Waals surface area contributed by atoms with E-state index in [0.29, 0.717) is 0 Å². The highest BCUT2D eigenvalue weighted by molar-refractivity contribution is 4.65. The predicted octanol–water partition coefficient (Wildman–Crippen LogP) is 1.76. The molecule has 2 nitrogen and oxygen atoms in total. The molecule has 1 N–H and O–H groups in total. The van der Waals surface area contributed by atoms with Crippen LogP contribution >= 0.6 is 0 Å². The summed E-state index contributed by atoms with van der Waals surface area (Å²) in [6, 6.07) is -1.70. The van der Waals surface area contributed by atoms with E-state index in [1.165, 1.54) is 0 Å². The van der Waals surface area contributed by atoms with Gasteiger partial charge in [0, 0.05) is 5.34 Å². The topological polar surface area (TPSA) is 23.5 Å². The quantitative estimate of drug-likeness (QED) is 0.651. The molecule has 0 saturated carbocycles. The molecule has 0 aromatic carbocycles. The molecule has 0 aliphatic heterocycles. The summed E-state index contributed by atoms with van der Waals surface area (Å²) in [4.78, 5) is 0. The molecule has 0 aromatic heterocycles. The number of halogens is 3. The third kappa shape index (κ3) is 4.21. The molecular formula is C6H12F3NO.